The fraction of sp³-hybridized carbons (Fsp3) is 0.200. The lowest BCUT2D eigenvalue weighted by molar-refractivity contribution is -0.122. The van der Waals surface area contributed by atoms with Gasteiger partial charge in [0.2, 0.25) is 0 Å². The van der Waals surface area contributed by atoms with Crippen LogP contribution >= 0.6 is 11.6 Å². The molecule has 1 aliphatic heterocycles. The van der Waals surface area contributed by atoms with E-state index >= 15 is 0 Å². The first-order chi connectivity index (χ1) is 19.7. The zero-order valence-electron chi connectivity index (χ0n) is 22.7. The number of barbiturate groups is 1. The number of anilines is 2. The minimum atomic E-state index is -0.873. The fourth-order valence-corrected chi connectivity index (χ4v) is 4.30. The van der Waals surface area contributed by atoms with Crippen LogP contribution in [0.4, 0.5) is 16.2 Å². The normalized spacial score (nSPS) is 14.1. The van der Waals surface area contributed by atoms with Gasteiger partial charge in [0.15, 0.2) is 18.1 Å². The van der Waals surface area contributed by atoms with E-state index in [-0.39, 0.29) is 41.0 Å². The van der Waals surface area contributed by atoms with E-state index in [0.29, 0.717) is 23.6 Å². The molecule has 1 saturated heterocycles. The van der Waals surface area contributed by atoms with Crippen LogP contribution in [0.3, 0.4) is 0 Å². The van der Waals surface area contributed by atoms with Crippen LogP contribution < -0.4 is 29.7 Å². The molecule has 1 fully saturated rings. The largest absolute Gasteiger partial charge is 0.494 e. The summed E-state index contributed by atoms with van der Waals surface area (Å²) in [6, 6.07) is 15.8. The van der Waals surface area contributed by atoms with Crippen molar-refractivity contribution in [1.29, 1.82) is 0 Å². The topological polar surface area (TPSA) is 123 Å². The number of nitrogens with zero attached hydrogens (tertiary/aromatic N) is 1. The highest BCUT2D eigenvalue weighted by Crippen LogP contribution is 2.38. The fourth-order valence-electron chi connectivity index (χ4n) is 4.03. The lowest BCUT2D eigenvalue weighted by Crippen LogP contribution is -2.54. The van der Waals surface area contributed by atoms with Gasteiger partial charge in [-0.25, -0.2) is 9.69 Å². The molecular weight excluding hydrogens is 550 g/mol. The Hall–Kier alpha value is -4.83. The Balaban J connectivity index is 1.57. The number of aryl methyl sites for hydroxylation is 1. The van der Waals surface area contributed by atoms with Gasteiger partial charge < -0.3 is 19.5 Å². The first-order valence-corrected chi connectivity index (χ1v) is 13.2. The standard InChI is InChI=1S/C30H28ClN3O7/c1-4-39-21-12-10-20(11-13-21)34-29(37)22(28(36)33-30(34)38)14-19-15-23(31)27(25(16-19)40-5-2)41-17-26(35)32-24-9-7-6-8-18(24)3/h6-16H,4-5,17H2,1-3H3,(H,32,35)(H,33,36,38)/b22-14+. The van der Waals surface area contributed by atoms with Gasteiger partial charge in [-0.3, -0.25) is 19.7 Å². The van der Waals surface area contributed by atoms with Crippen LogP contribution in [0.15, 0.2) is 66.2 Å². The number of urea groups is 1. The van der Waals surface area contributed by atoms with Crippen molar-refractivity contribution in [3.05, 3.63) is 82.4 Å². The van der Waals surface area contributed by atoms with Gasteiger partial charge in [0.25, 0.3) is 17.7 Å². The molecule has 5 amide bonds. The number of carbonyl (C=O) groups excluding carboxylic acids is 4. The van der Waals surface area contributed by atoms with E-state index < -0.39 is 23.8 Å². The molecule has 0 atom stereocenters. The number of imide groups is 2. The van der Waals surface area contributed by atoms with Crippen LogP contribution in [0.2, 0.25) is 5.02 Å². The van der Waals surface area contributed by atoms with Crippen LogP contribution in [0.1, 0.15) is 25.0 Å². The number of carbonyl (C=O) groups is 4. The lowest BCUT2D eigenvalue weighted by atomic mass is 10.1. The van der Waals surface area contributed by atoms with Crippen molar-refractivity contribution in [2.24, 2.45) is 0 Å². The molecular formula is C30H28ClN3O7. The smallest absolute Gasteiger partial charge is 0.335 e. The molecule has 0 bridgehead atoms. The van der Waals surface area contributed by atoms with Crippen molar-refractivity contribution >= 4 is 52.8 Å². The second kappa shape index (κ2) is 13.0. The molecule has 3 aromatic rings. The molecule has 0 unspecified atom stereocenters. The van der Waals surface area contributed by atoms with Crippen molar-refractivity contribution in [2.75, 3.05) is 30.0 Å². The van der Waals surface area contributed by atoms with Crippen molar-refractivity contribution < 1.29 is 33.4 Å². The average molecular weight is 578 g/mol. The molecule has 1 heterocycles. The van der Waals surface area contributed by atoms with Crippen LogP contribution in [0, 0.1) is 6.92 Å². The number of hydrogen-bond acceptors (Lipinski definition) is 7. The Morgan fingerprint density at radius 2 is 1.68 bits per heavy atom. The molecule has 1 aliphatic rings. The van der Waals surface area contributed by atoms with Gasteiger partial charge in [-0.05, 0) is 80.4 Å². The van der Waals surface area contributed by atoms with Gasteiger partial charge in [0.05, 0.1) is 23.9 Å². The summed E-state index contributed by atoms with van der Waals surface area (Å²) >= 11 is 6.49. The predicted octanol–water partition coefficient (Wildman–Crippen LogP) is 5.13. The molecule has 0 saturated carbocycles. The van der Waals surface area contributed by atoms with E-state index in [0.717, 1.165) is 10.5 Å². The van der Waals surface area contributed by atoms with E-state index in [9.17, 15) is 19.2 Å². The number of hydrogen-bond donors (Lipinski definition) is 2. The Labute approximate surface area is 241 Å². The maximum Gasteiger partial charge on any atom is 0.335 e. The maximum atomic E-state index is 13.3. The summed E-state index contributed by atoms with van der Waals surface area (Å²) in [5, 5.41) is 5.06. The minimum Gasteiger partial charge on any atom is -0.494 e. The van der Waals surface area contributed by atoms with E-state index in [2.05, 4.69) is 10.6 Å². The van der Waals surface area contributed by atoms with Crippen LogP contribution in [0.25, 0.3) is 6.08 Å². The van der Waals surface area contributed by atoms with Crippen LogP contribution in [0.5, 0.6) is 17.2 Å². The third-order valence-corrected chi connectivity index (χ3v) is 6.20. The summed E-state index contributed by atoms with van der Waals surface area (Å²) in [5.41, 5.74) is 1.87. The summed E-state index contributed by atoms with van der Waals surface area (Å²) in [4.78, 5) is 51.8. The number of amides is 5. The second-order valence-electron chi connectivity index (χ2n) is 8.80. The second-order valence-corrected chi connectivity index (χ2v) is 9.21. The molecule has 0 aliphatic carbocycles. The highest BCUT2D eigenvalue weighted by atomic mass is 35.5. The molecule has 11 heteroatoms. The van der Waals surface area contributed by atoms with Gasteiger partial charge in [-0.1, -0.05) is 29.8 Å². The quantitative estimate of drug-likeness (QED) is 0.253. The van der Waals surface area contributed by atoms with E-state index in [4.69, 9.17) is 25.8 Å². The van der Waals surface area contributed by atoms with Gasteiger partial charge in [0, 0.05) is 5.69 Å². The Morgan fingerprint density at radius 3 is 2.37 bits per heavy atom. The Bertz CT molecular complexity index is 1520. The van der Waals surface area contributed by atoms with Crippen LogP contribution in [-0.4, -0.2) is 43.6 Å². The SMILES string of the molecule is CCOc1ccc(N2C(=O)NC(=O)/C(=C\c3cc(Cl)c(OCC(=O)Nc4ccccc4C)c(OCC)c3)C2=O)cc1. The molecule has 3 aromatic carbocycles. The van der Waals surface area contributed by atoms with Gasteiger partial charge in [-0.2, -0.15) is 0 Å². The Kier molecular flexibility index (Phi) is 9.26. The first kappa shape index (κ1) is 29.2. The number of benzene rings is 3. The number of nitrogens with one attached hydrogen (secondary N) is 2. The van der Waals surface area contributed by atoms with Gasteiger partial charge >= 0.3 is 6.03 Å². The van der Waals surface area contributed by atoms with Crippen LogP contribution in [-0.2, 0) is 14.4 Å². The number of halogens is 1. The lowest BCUT2D eigenvalue weighted by Gasteiger charge is -2.26. The zero-order valence-corrected chi connectivity index (χ0v) is 23.4. The molecule has 0 radical (unpaired) electrons. The molecule has 0 spiro atoms. The van der Waals surface area contributed by atoms with Crippen molar-refractivity contribution in [1.82, 2.24) is 5.32 Å². The highest BCUT2D eigenvalue weighted by Gasteiger charge is 2.37. The third-order valence-electron chi connectivity index (χ3n) is 5.92. The molecule has 4 rings (SSSR count). The van der Waals surface area contributed by atoms with Gasteiger partial charge in [-0.15, -0.1) is 0 Å². The molecule has 41 heavy (non-hydrogen) atoms. The Morgan fingerprint density at radius 1 is 0.976 bits per heavy atom. The monoisotopic (exact) mass is 577 g/mol. The third kappa shape index (κ3) is 6.85. The first-order valence-electron chi connectivity index (χ1n) is 12.8. The summed E-state index contributed by atoms with van der Waals surface area (Å²) in [5.74, 6) is -1.16. The van der Waals surface area contributed by atoms with Gasteiger partial charge in [0.1, 0.15) is 11.3 Å². The highest BCUT2D eigenvalue weighted by molar-refractivity contribution is 6.39. The molecule has 0 aromatic heterocycles. The van der Waals surface area contributed by atoms with E-state index in [1.807, 2.05) is 32.0 Å². The summed E-state index contributed by atoms with van der Waals surface area (Å²) in [6.07, 6.45) is 1.30. The number of para-hydroxylation sites is 1. The zero-order chi connectivity index (χ0) is 29.5. The number of rotatable bonds is 10. The maximum absolute atomic E-state index is 13.3. The summed E-state index contributed by atoms with van der Waals surface area (Å²) in [7, 11) is 0. The summed E-state index contributed by atoms with van der Waals surface area (Å²) < 4.78 is 16.8. The predicted molar refractivity (Wildman–Crippen MR) is 155 cm³/mol. The molecule has 212 valence electrons. The van der Waals surface area contributed by atoms with E-state index in [1.165, 1.54) is 18.2 Å². The number of ether oxygens (including phenoxy) is 3. The van der Waals surface area contributed by atoms with E-state index in [1.54, 1.807) is 37.3 Å². The van der Waals surface area contributed by atoms with Crippen molar-refractivity contribution in [3.8, 4) is 17.2 Å². The summed E-state index contributed by atoms with van der Waals surface area (Å²) in [6.45, 7) is 5.84. The minimum absolute atomic E-state index is 0.0922. The molecule has 10 nitrogen and oxygen atoms in total. The molecule has 2 N–H and O–H groups in total. The van der Waals surface area contributed by atoms with Crippen molar-refractivity contribution in [2.45, 2.75) is 20.8 Å². The van der Waals surface area contributed by atoms with Crippen molar-refractivity contribution in [3.63, 3.8) is 0 Å². The average Bonchev–Trinajstić information content (AvgIpc) is 2.93.